The van der Waals surface area contributed by atoms with Gasteiger partial charge in [0.05, 0.1) is 7.11 Å². The number of aliphatic carboxylic acids is 1. The molecule has 1 amide bonds. The summed E-state index contributed by atoms with van der Waals surface area (Å²) in [5.41, 5.74) is 0.545. The summed E-state index contributed by atoms with van der Waals surface area (Å²) in [6.07, 6.45) is 1.69. The molecule has 0 bridgehead atoms. The van der Waals surface area contributed by atoms with Gasteiger partial charge in [0.2, 0.25) is 0 Å². The Kier molecular flexibility index (Phi) is 5.58. The van der Waals surface area contributed by atoms with Crippen LogP contribution in [0.2, 0.25) is 0 Å². The molecule has 0 saturated carbocycles. The minimum atomic E-state index is -1.06. The third kappa shape index (κ3) is 4.31. The highest BCUT2D eigenvalue weighted by Gasteiger charge is 2.15. The van der Waals surface area contributed by atoms with Gasteiger partial charge in [-0.25, -0.2) is 4.79 Å². The minimum absolute atomic E-state index is 0.277. The first-order valence-corrected chi connectivity index (χ1v) is 5.95. The van der Waals surface area contributed by atoms with Crippen LogP contribution >= 0.6 is 0 Å². The van der Waals surface area contributed by atoms with Crippen LogP contribution in [0.25, 0.3) is 6.08 Å². The van der Waals surface area contributed by atoms with Gasteiger partial charge in [-0.3, -0.25) is 4.79 Å². The summed E-state index contributed by atoms with van der Waals surface area (Å²) in [7, 11) is 3.02. The van der Waals surface area contributed by atoms with E-state index in [1.807, 2.05) is 0 Å². The molecule has 1 unspecified atom stereocenters. The smallest absolute Gasteiger partial charge is 0.328 e. The van der Waals surface area contributed by atoms with Crippen molar-refractivity contribution in [1.82, 2.24) is 5.32 Å². The third-order valence-electron chi connectivity index (χ3n) is 2.55. The molecule has 1 rings (SSSR count). The number of methoxy groups -OCH3 is 1. The Bertz CT molecular complexity index is 524. The Morgan fingerprint density at radius 3 is 2.65 bits per heavy atom. The fraction of sp³-hybridized carbons (Fsp3) is 0.286. The first-order valence-electron chi connectivity index (χ1n) is 5.95. The molecule has 0 saturated heterocycles. The van der Waals surface area contributed by atoms with E-state index in [1.54, 1.807) is 25.1 Å². The van der Waals surface area contributed by atoms with Crippen LogP contribution in [-0.4, -0.2) is 37.2 Å². The number of carbonyl (C=O) groups is 2. The van der Waals surface area contributed by atoms with E-state index in [1.165, 1.54) is 20.2 Å². The van der Waals surface area contributed by atoms with Gasteiger partial charge in [-0.1, -0.05) is 0 Å². The van der Waals surface area contributed by atoms with Gasteiger partial charge < -0.3 is 19.9 Å². The Hall–Kier alpha value is -2.50. The first-order chi connectivity index (χ1) is 9.47. The van der Waals surface area contributed by atoms with E-state index in [9.17, 15) is 9.59 Å². The van der Waals surface area contributed by atoms with E-state index in [2.05, 4.69) is 5.32 Å². The monoisotopic (exact) mass is 279 g/mol. The number of ether oxygens (including phenoxy) is 2. The summed E-state index contributed by atoms with van der Waals surface area (Å²) in [5, 5.41) is 11.1. The van der Waals surface area contributed by atoms with Crippen molar-refractivity contribution in [2.24, 2.45) is 0 Å². The minimum Gasteiger partial charge on any atom is -0.497 e. The Morgan fingerprint density at radius 2 is 2.10 bits per heavy atom. The normalized spacial score (nSPS) is 11.9. The standard InChI is InChI=1S/C14H17NO5/c1-9(14(18)15-2)20-12-8-11(19-3)6-4-10(12)5-7-13(16)17/h4-9H,1-3H3,(H,15,18)(H,16,17). The maximum Gasteiger partial charge on any atom is 0.328 e. The van der Waals surface area contributed by atoms with E-state index in [0.717, 1.165) is 6.08 Å². The van der Waals surface area contributed by atoms with Gasteiger partial charge in [-0.15, -0.1) is 0 Å². The van der Waals surface area contributed by atoms with Crippen molar-refractivity contribution in [3.8, 4) is 11.5 Å². The Morgan fingerprint density at radius 1 is 1.40 bits per heavy atom. The molecule has 0 fully saturated rings. The van der Waals surface area contributed by atoms with E-state index < -0.39 is 12.1 Å². The second kappa shape index (κ2) is 7.18. The quantitative estimate of drug-likeness (QED) is 0.767. The van der Waals surface area contributed by atoms with Crippen LogP contribution in [0.3, 0.4) is 0 Å². The molecule has 0 aliphatic carbocycles. The number of carboxylic acids is 1. The highest BCUT2D eigenvalue weighted by molar-refractivity contribution is 5.86. The highest BCUT2D eigenvalue weighted by atomic mass is 16.5. The van der Waals surface area contributed by atoms with E-state index in [-0.39, 0.29) is 5.91 Å². The molecule has 6 heteroatoms. The van der Waals surface area contributed by atoms with E-state index in [0.29, 0.717) is 17.1 Å². The predicted octanol–water partition coefficient (Wildman–Crippen LogP) is 1.31. The van der Waals surface area contributed by atoms with Gasteiger partial charge >= 0.3 is 5.97 Å². The van der Waals surface area contributed by atoms with Crippen LogP contribution in [-0.2, 0) is 9.59 Å². The van der Waals surface area contributed by atoms with Crippen molar-refractivity contribution >= 4 is 18.0 Å². The summed E-state index contributed by atoms with van der Waals surface area (Å²) in [5.74, 6) is -0.415. The molecule has 2 N–H and O–H groups in total. The lowest BCUT2D eigenvalue weighted by atomic mass is 10.1. The number of hydrogen-bond donors (Lipinski definition) is 2. The Labute approximate surface area is 117 Å². The fourth-order valence-corrected chi connectivity index (χ4v) is 1.49. The maximum atomic E-state index is 11.5. The van der Waals surface area contributed by atoms with Crippen molar-refractivity contribution in [2.75, 3.05) is 14.2 Å². The van der Waals surface area contributed by atoms with Gasteiger partial charge in [0.15, 0.2) is 6.10 Å². The largest absolute Gasteiger partial charge is 0.497 e. The fourth-order valence-electron chi connectivity index (χ4n) is 1.49. The van der Waals surface area contributed by atoms with Gasteiger partial charge in [-0.05, 0) is 25.1 Å². The molecule has 6 nitrogen and oxygen atoms in total. The topological polar surface area (TPSA) is 84.9 Å². The molecule has 0 aromatic heterocycles. The number of likely N-dealkylation sites (N-methyl/N-ethyl adjacent to an activating group) is 1. The molecule has 20 heavy (non-hydrogen) atoms. The predicted molar refractivity (Wildman–Crippen MR) is 73.8 cm³/mol. The lowest BCUT2D eigenvalue weighted by molar-refractivity contribution is -0.131. The maximum absolute atomic E-state index is 11.5. The van der Waals surface area contributed by atoms with Crippen LogP contribution in [0.4, 0.5) is 0 Å². The molecular weight excluding hydrogens is 262 g/mol. The van der Waals surface area contributed by atoms with Crippen molar-refractivity contribution < 1.29 is 24.2 Å². The summed E-state index contributed by atoms with van der Waals surface area (Å²) < 4.78 is 10.6. The summed E-state index contributed by atoms with van der Waals surface area (Å²) >= 11 is 0. The average molecular weight is 279 g/mol. The third-order valence-corrected chi connectivity index (χ3v) is 2.55. The zero-order chi connectivity index (χ0) is 15.1. The zero-order valence-electron chi connectivity index (χ0n) is 11.5. The second-order valence-electron chi connectivity index (χ2n) is 3.95. The number of amides is 1. The molecule has 0 aliphatic heterocycles. The van der Waals surface area contributed by atoms with Crippen molar-refractivity contribution in [1.29, 1.82) is 0 Å². The van der Waals surface area contributed by atoms with Gasteiger partial charge in [0, 0.05) is 24.8 Å². The van der Waals surface area contributed by atoms with Crippen molar-refractivity contribution in [3.05, 3.63) is 29.8 Å². The van der Waals surface area contributed by atoms with E-state index >= 15 is 0 Å². The molecule has 1 aromatic rings. The van der Waals surface area contributed by atoms with Crippen LogP contribution < -0.4 is 14.8 Å². The lowest BCUT2D eigenvalue weighted by Crippen LogP contribution is -2.33. The molecule has 108 valence electrons. The van der Waals surface area contributed by atoms with Crippen LogP contribution in [0.5, 0.6) is 11.5 Å². The first kappa shape index (κ1) is 15.6. The van der Waals surface area contributed by atoms with Crippen LogP contribution in [0, 0.1) is 0 Å². The van der Waals surface area contributed by atoms with Crippen LogP contribution in [0.15, 0.2) is 24.3 Å². The number of nitrogens with one attached hydrogen (secondary N) is 1. The number of benzene rings is 1. The van der Waals surface area contributed by atoms with Crippen molar-refractivity contribution in [2.45, 2.75) is 13.0 Å². The number of carboxylic acid groups (broad SMARTS) is 1. The average Bonchev–Trinajstić information content (AvgIpc) is 2.44. The lowest BCUT2D eigenvalue weighted by Gasteiger charge is -2.16. The van der Waals surface area contributed by atoms with Gasteiger partial charge in [0.1, 0.15) is 11.5 Å². The zero-order valence-corrected chi connectivity index (χ0v) is 11.5. The molecule has 0 heterocycles. The summed E-state index contributed by atoms with van der Waals surface area (Å²) in [6.45, 7) is 1.60. The van der Waals surface area contributed by atoms with E-state index in [4.69, 9.17) is 14.6 Å². The molecular formula is C14H17NO5. The summed E-state index contributed by atoms with van der Waals surface area (Å²) in [6, 6.07) is 4.93. The highest BCUT2D eigenvalue weighted by Crippen LogP contribution is 2.27. The van der Waals surface area contributed by atoms with Crippen LogP contribution in [0.1, 0.15) is 12.5 Å². The molecule has 0 aliphatic rings. The number of carbonyl (C=O) groups excluding carboxylic acids is 1. The van der Waals surface area contributed by atoms with Crippen molar-refractivity contribution in [3.63, 3.8) is 0 Å². The van der Waals surface area contributed by atoms with Gasteiger partial charge in [-0.2, -0.15) is 0 Å². The molecule has 1 aromatic carbocycles. The number of hydrogen-bond acceptors (Lipinski definition) is 4. The Balaban J connectivity index is 3.06. The molecule has 0 radical (unpaired) electrons. The second-order valence-corrected chi connectivity index (χ2v) is 3.95. The molecule has 0 spiro atoms. The molecule has 1 atom stereocenters. The SMILES string of the molecule is CNC(=O)C(C)Oc1cc(OC)ccc1C=CC(=O)O. The number of rotatable bonds is 6. The summed E-state index contributed by atoms with van der Waals surface area (Å²) in [4.78, 5) is 22.0. The van der Waals surface area contributed by atoms with Gasteiger partial charge in [0.25, 0.3) is 5.91 Å².